The van der Waals surface area contributed by atoms with Gasteiger partial charge in [0.15, 0.2) is 23.0 Å². The van der Waals surface area contributed by atoms with Crippen LogP contribution in [0.3, 0.4) is 0 Å². The first-order chi connectivity index (χ1) is 18.8. The fourth-order valence-electron chi connectivity index (χ4n) is 6.34. The predicted molar refractivity (Wildman–Crippen MR) is 137 cm³/mol. The second kappa shape index (κ2) is 8.36. The van der Waals surface area contributed by atoms with Crippen molar-refractivity contribution in [2.75, 3.05) is 12.1 Å². The van der Waals surface area contributed by atoms with Crippen LogP contribution in [0.2, 0.25) is 5.02 Å². The van der Waals surface area contributed by atoms with Gasteiger partial charge >= 0.3 is 0 Å². The van der Waals surface area contributed by atoms with Crippen molar-refractivity contribution in [3.8, 4) is 23.0 Å². The predicted octanol–water partition coefficient (Wildman–Crippen LogP) is 2.64. The van der Waals surface area contributed by atoms with Gasteiger partial charge in [-0.1, -0.05) is 23.7 Å². The summed E-state index contributed by atoms with van der Waals surface area (Å²) in [7, 11) is 0. The molecule has 0 aliphatic carbocycles. The van der Waals surface area contributed by atoms with E-state index in [-0.39, 0.29) is 31.3 Å². The molecule has 3 aromatic carbocycles. The summed E-state index contributed by atoms with van der Waals surface area (Å²) >= 11 is 6.32. The zero-order valence-electron chi connectivity index (χ0n) is 20.3. The third-order valence-corrected chi connectivity index (χ3v) is 8.28. The van der Waals surface area contributed by atoms with Gasteiger partial charge in [-0.2, -0.15) is 0 Å². The third kappa shape index (κ3) is 3.41. The second-order valence-electron chi connectivity index (χ2n) is 10.2. The summed E-state index contributed by atoms with van der Waals surface area (Å²) in [6, 6.07) is 14.0. The smallest absolute Gasteiger partial charge is 0.250 e. The van der Waals surface area contributed by atoms with Gasteiger partial charge in [0.1, 0.15) is 5.54 Å². The van der Waals surface area contributed by atoms with Crippen molar-refractivity contribution in [3.63, 3.8) is 0 Å². The van der Waals surface area contributed by atoms with E-state index in [0.29, 0.717) is 38.9 Å². The number of carbonyl (C=O) groups excluding carboxylic acids is 3. The zero-order valence-corrected chi connectivity index (χ0v) is 21.1. The number of ether oxygens (including phenoxy) is 2. The molecule has 3 aromatic rings. The molecule has 39 heavy (non-hydrogen) atoms. The first-order valence-electron chi connectivity index (χ1n) is 12.4. The average Bonchev–Trinajstić information content (AvgIpc) is 3.64. The lowest BCUT2D eigenvalue weighted by Gasteiger charge is -2.29. The van der Waals surface area contributed by atoms with Crippen LogP contribution in [0, 0.1) is 11.8 Å². The number of hydrogen-bond donors (Lipinski definition) is 4. The van der Waals surface area contributed by atoms with Gasteiger partial charge < -0.3 is 25.0 Å². The monoisotopic (exact) mass is 547 g/mol. The average molecular weight is 548 g/mol. The summed E-state index contributed by atoms with van der Waals surface area (Å²) in [5.41, 5.74) is 0.829. The summed E-state index contributed by atoms with van der Waals surface area (Å²) in [6.45, 7) is 0.110. The summed E-state index contributed by atoms with van der Waals surface area (Å²) in [5, 5.41) is 26.4. The van der Waals surface area contributed by atoms with Gasteiger partial charge in [-0.15, -0.1) is 0 Å². The van der Waals surface area contributed by atoms with Crippen molar-refractivity contribution in [2.24, 2.45) is 11.8 Å². The molecule has 0 unspecified atom stereocenters. The highest BCUT2D eigenvalue weighted by molar-refractivity contribution is 6.31. The number of hydrogen-bond acceptors (Lipinski definition) is 8. The maximum atomic E-state index is 14.1. The maximum absolute atomic E-state index is 14.1. The Labute approximate surface area is 227 Å². The SMILES string of the molecule is O=C1[C@H]2[C@@H](C(=O)N1Cc1ccc3c(c1)OCO3)[C@]1(N[C@@H]2Cc2ccc(O)c(O)c2)C(=O)Nc2ccc(Cl)cc21. The molecule has 1 spiro atoms. The number of nitrogens with one attached hydrogen (secondary N) is 2. The molecule has 7 rings (SSSR count). The molecule has 2 saturated heterocycles. The number of phenolic OH excluding ortho intramolecular Hbond substituents is 2. The van der Waals surface area contributed by atoms with E-state index >= 15 is 0 Å². The fourth-order valence-corrected chi connectivity index (χ4v) is 6.51. The molecule has 0 saturated carbocycles. The van der Waals surface area contributed by atoms with Crippen molar-refractivity contribution >= 4 is 35.0 Å². The number of imide groups is 1. The molecule has 0 bridgehead atoms. The van der Waals surface area contributed by atoms with Gasteiger partial charge in [-0.3, -0.25) is 24.6 Å². The first kappa shape index (κ1) is 23.8. The van der Waals surface area contributed by atoms with Crippen molar-refractivity contribution in [1.82, 2.24) is 10.2 Å². The zero-order chi connectivity index (χ0) is 27.1. The molecule has 3 amide bonds. The number of rotatable bonds is 4. The fraction of sp³-hybridized carbons (Fsp3) is 0.250. The quantitative estimate of drug-likeness (QED) is 0.289. The Bertz CT molecular complexity index is 1590. The number of nitrogens with zero attached hydrogens (tertiary/aromatic N) is 1. The van der Waals surface area contributed by atoms with E-state index in [1.165, 1.54) is 17.0 Å². The van der Waals surface area contributed by atoms with Crippen molar-refractivity contribution in [2.45, 2.75) is 24.5 Å². The number of likely N-dealkylation sites (tertiary alicyclic amines) is 1. The minimum atomic E-state index is -1.51. The van der Waals surface area contributed by atoms with E-state index in [4.69, 9.17) is 21.1 Å². The molecular formula is C28H22ClN3O7. The van der Waals surface area contributed by atoms with Crippen LogP contribution in [0.1, 0.15) is 16.7 Å². The highest BCUT2D eigenvalue weighted by atomic mass is 35.5. The Hall–Kier alpha value is -4.28. The largest absolute Gasteiger partial charge is 0.504 e. The van der Waals surface area contributed by atoms with Crippen LogP contribution in [0.4, 0.5) is 5.69 Å². The highest BCUT2D eigenvalue weighted by Crippen LogP contribution is 2.54. The van der Waals surface area contributed by atoms with Gasteiger partial charge in [0.05, 0.1) is 18.4 Å². The van der Waals surface area contributed by atoms with Crippen LogP contribution in [-0.2, 0) is 32.9 Å². The van der Waals surface area contributed by atoms with Crippen LogP contribution in [0.25, 0.3) is 0 Å². The summed E-state index contributed by atoms with van der Waals surface area (Å²) in [6.07, 6.45) is 0.219. The van der Waals surface area contributed by atoms with E-state index in [2.05, 4.69) is 10.6 Å². The minimum Gasteiger partial charge on any atom is -0.504 e. The third-order valence-electron chi connectivity index (χ3n) is 8.04. The molecule has 0 aromatic heterocycles. The Morgan fingerprint density at radius 2 is 1.72 bits per heavy atom. The minimum absolute atomic E-state index is 0.00806. The summed E-state index contributed by atoms with van der Waals surface area (Å²) in [4.78, 5) is 42.9. The summed E-state index contributed by atoms with van der Waals surface area (Å²) in [5.74, 6) is -2.62. The number of amides is 3. The van der Waals surface area contributed by atoms with Gasteiger partial charge in [-0.05, 0) is 60.0 Å². The number of carbonyl (C=O) groups is 3. The van der Waals surface area contributed by atoms with E-state index in [1.807, 2.05) is 0 Å². The standard InChI is InChI=1S/C28H22ClN3O7/c29-15-3-4-17-16(10-15)28(27(37)30-17)24-23(18(31-28)7-13-1-5-19(33)20(34)8-13)25(35)32(26(24)36)11-14-2-6-21-22(9-14)39-12-38-21/h1-6,8-10,18,23-24,31,33-34H,7,11-12H2,(H,30,37)/t18-,23-,24+,28+/m1/s1. The Morgan fingerprint density at radius 3 is 2.54 bits per heavy atom. The van der Waals surface area contributed by atoms with Crippen LogP contribution >= 0.6 is 11.6 Å². The highest BCUT2D eigenvalue weighted by Gasteiger charge is 2.70. The number of benzene rings is 3. The number of halogens is 1. The second-order valence-corrected chi connectivity index (χ2v) is 10.6. The van der Waals surface area contributed by atoms with Crippen molar-refractivity contribution in [1.29, 1.82) is 0 Å². The topological polar surface area (TPSA) is 137 Å². The van der Waals surface area contributed by atoms with Crippen LogP contribution in [0.15, 0.2) is 54.6 Å². The van der Waals surface area contributed by atoms with E-state index in [1.54, 1.807) is 42.5 Å². The van der Waals surface area contributed by atoms with Gasteiger partial charge in [0.25, 0.3) is 0 Å². The normalized spacial score (nSPS) is 26.3. The summed E-state index contributed by atoms with van der Waals surface area (Å²) < 4.78 is 10.8. The van der Waals surface area contributed by atoms with E-state index in [9.17, 15) is 24.6 Å². The number of anilines is 1. The van der Waals surface area contributed by atoms with Crippen LogP contribution in [0.5, 0.6) is 23.0 Å². The van der Waals surface area contributed by atoms with Crippen molar-refractivity contribution < 1.29 is 34.1 Å². The number of phenols is 2. The van der Waals surface area contributed by atoms with Crippen LogP contribution in [-0.4, -0.2) is 45.7 Å². The number of fused-ring (bicyclic) bond motifs is 5. The molecule has 4 aliphatic rings. The lowest BCUT2D eigenvalue weighted by atomic mass is 9.76. The van der Waals surface area contributed by atoms with Gasteiger partial charge in [0.2, 0.25) is 24.5 Å². The molecule has 11 heteroatoms. The Kier molecular flexibility index (Phi) is 5.10. The van der Waals surface area contributed by atoms with E-state index < -0.39 is 41.1 Å². The van der Waals surface area contributed by atoms with Crippen molar-refractivity contribution in [3.05, 3.63) is 76.3 Å². The molecule has 4 heterocycles. The maximum Gasteiger partial charge on any atom is 0.250 e. The molecule has 4 atom stereocenters. The molecular weight excluding hydrogens is 526 g/mol. The van der Waals surface area contributed by atoms with Crippen LogP contribution < -0.4 is 20.1 Å². The Morgan fingerprint density at radius 1 is 0.923 bits per heavy atom. The van der Waals surface area contributed by atoms with E-state index in [0.717, 1.165) is 0 Å². The first-order valence-corrected chi connectivity index (χ1v) is 12.8. The van der Waals surface area contributed by atoms with Gasteiger partial charge in [-0.25, -0.2) is 0 Å². The van der Waals surface area contributed by atoms with Gasteiger partial charge in [0, 0.05) is 22.3 Å². The lowest BCUT2D eigenvalue weighted by Crippen LogP contribution is -2.53. The molecule has 0 radical (unpaired) electrons. The lowest BCUT2D eigenvalue weighted by molar-refractivity contribution is -0.143. The molecule has 198 valence electrons. The number of aromatic hydroxyl groups is 2. The molecule has 2 fully saturated rings. The molecule has 4 aliphatic heterocycles. The molecule has 4 N–H and O–H groups in total. The molecule has 10 nitrogen and oxygen atoms in total. The Balaban J connectivity index is 1.30.